The van der Waals surface area contributed by atoms with Crippen molar-refractivity contribution in [1.29, 1.82) is 0 Å². The molecule has 8 heteroatoms. The Morgan fingerprint density at radius 3 is 2.82 bits per heavy atom. The summed E-state index contributed by atoms with van der Waals surface area (Å²) in [5.74, 6) is -0.467. The monoisotopic (exact) mass is 407 g/mol. The Balaban J connectivity index is 1.41. The molecule has 3 rings (SSSR count). The quantitative estimate of drug-likeness (QED) is 0.438. The molecule has 0 radical (unpaired) electrons. The van der Waals surface area contributed by atoms with Crippen LogP contribution < -0.4 is 15.5 Å². The van der Waals surface area contributed by atoms with Crippen molar-refractivity contribution in [2.75, 3.05) is 38.1 Å². The number of hydrogen-bond donors (Lipinski definition) is 2. The number of nitrogens with zero attached hydrogens (tertiary/aromatic N) is 3. The molecule has 1 aromatic carbocycles. The maximum absolute atomic E-state index is 13.4. The zero-order chi connectivity index (χ0) is 19.9. The smallest absolute Gasteiger partial charge is 0.190 e. The topological polar surface area (TPSA) is 52.6 Å². The Morgan fingerprint density at radius 2 is 2.11 bits per heavy atom. The Bertz CT molecular complexity index is 813. The second kappa shape index (κ2) is 9.68. The maximum Gasteiger partial charge on any atom is 0.190 e. The first-order valence-corrected chi connectivity index (χ1v) is 9.68. The minimum atomic E-state index is -0.814. The summed E-state index contributed by atoms with van der Waals surface area (Å²) >= 11 is 5.79. The number of pyridine rings is 1. The molecule has 1 fully saturated rings. The van der Waals surface area contributed by atoms with E-state index in [2.05, 4.69) is 25.5 Å². The lowest BCUT2D eigenvalue weighted by atomic mass is 10.1. The van der Waals surface area contributed by atoms with Crippen molar-refractivity contribution < 1.29 is 8.78 Å². The van der Waals surface area contributed by atoms with E-state index < -0.39 is 11.6 Å². The van der Waals surface area contributed by atoms with Gasteiger partial charge in [-0.05, 0) is 42.5 Å². The Hall–Kier alpha value is -2.41. The van der Waals surface area contributed by atoms with Gasteiger partial charge in [0.1, 0.15) is 5.15 Å². The summed E-state index contributed by atoms with van der Waals surface area (Å²) in [5, 5.41) is 7.12. The van der Waals surface area contributed by atoms with Gasteiger partial charge in [-0.3, -0.25) is 4.99 Å². The lowest BCUT2D eigenvalue weighted by Gasteiger charge is -2.19. The fourth-order valence-corrected chi connectivity index (χ4v) is 3.37. The standard InChI is InChI=1S/C20H24ClF2N5/c1-24-20(25-8-6-14-2-5-19(21)26-11-14)27-12-15-7-9-28(13-15)16-3-4-17(22)18(23)10-16/h2-5,10-11,15H,6-9,12-13H2,1H3,(H2,24,25,27). The minimum Gasteiger partial charge on any atom is -0.371 e. The van der Waals surface area contributed by atoms with Crippen LogP contribution in [0.4, 0.5) is 14.5 Å². The van der Waals surface area contributed by atoms with Gasteiger partial charge < -0.3 is 15.5 Å². The first kappa shape index (κ1) is 20.3. The summed E-state index contributed by atoms with van der Waals surface area (Å²) in [7, 11) is 1.74. The normalized spacial score (nSPS) is 17.1. The molecule has 1 unspecified atom stereocenters. The van der Waals surface area contributed by atoms with Crippen LogP contribution in [0.15, 0.2) is 41.5 Å². The molecule has 1 aromatic heterocycles. The fourth-order valence-electron chi connectivity index (χ4n) is 3.26. The number of nitrogens with one attached hydrogen (secondary N) is 2. The van der Waals surface area contributed by atoms with Crippen molar-refractivity contribution in [3.8, 4) is 0 Å². The van der Waals surface area contributed by atoms with E-state index in [0.29, 0.717) is 11.1 Å². The fraction of sp³-hybridized carbons (Fsp3) is 0.400. The molecule has 28 heavy (non-hydrogen) atoms. The van der Waals surface area contributed by atoms with Gasteiger partial charge in [-0.25, -0.2) is 13.8 Å². The highest BCUT2D eigenvalue weighted by molar-refractivity contribution is 6.29. The van der Waals surface area contributed by atoms with Gasteiger partial charge in [-0.15, -0.1) is 0 Å². The number of halogens is 3. The number of anilines is 1. The van der Waals surface area contributed by atoms with Crippen LogP contribution in [0.25, 0.3) is 0 Å². The van der Waals surface area contributed by atoms with E-state index in [1.807, 2.05) is 6.07 Å². The first-order valence-electron chi connectivity index (χ1n) is 9.30. The number of aliphatic imine (C=N–C) groups is 1. The molecule has 0 saturated carbocycles. The number of hydrogen-bond acceptors (Lipinski definition) is 3. The van der Waals surface area contributed by atoms with Crippen LogP contribution in [0.2, 0.25) is 5.15 Å². The lowest BCUT2D eigenvalue weighted by molar-refractivity contribution is 0.508. The van der Waals surface area contributed by atoms with Crippen LogP contribution in [0.3, 0.4) is 0 Å². The van der Waals surface area contributed by atoms with E-state index in [4.69, 9.17) is 11.6 Å². The molecule has 2 heterocycles. The third-order valence-corrected chi connectivity index (χ3v) is 5.05. The zero-order valence-corrected chi connectivity index (χ0v) is 16.5. The Kier molecular flexibility index (Phi) is 7.03. The predicted molar refractivity (Wildman–Crippen MR) is 109 cm³/mol. The van der Waals surface area contributed by atoms with Crippen LogP contribution >= 0.6 is 11.6 Å². The maximum atomic E-state index is 13.4. The average molecular weight is 408 g/mol. The summed E-state index contributed by atoms with van der Waals surface area (Å²) in [4.78, 5) is 10.4. The molecular weight excluding hydrogens is 384 g/mol. The Labute approximate surface area is 168 Å². The molecule has 0 spiro atoms. The number of benzene rings is 1. The van der Waals surface area contributed by atoms with Crippen LogP contribution in [0, 0.1) is 17.6 Å². The molecular formula is C20H24ClF2N5. The molecule has 150 valence electrons. The second-order valence-corrected chi connectivity index (χ2v) is 7.21. The third kappa shape index (κ3) is 5.55. The molecule has 0 aliphatic carbocycles. The van der Waals surface area contributed by atoms with Gasteiger partial charge >= 0.3 is 0 Å². The van der Waals surface area contributed by atoms with E-state index in [-0.39, 0.29) is 0 Å². The van der Waals surface area contributed by atoms with E-state index in [9.17, 15) is 8.78 Å². The highest BCUT2D eigenvalue weighted by atomic mass is 35.5. The van der Waals surface area contributed by atoms with Crippen LogP contribution in [0.5, 0.6) is 0 Å². The zero-order valence-electron chi connectivity index (χ0n) is 15.8. The van der Waals surface area contributed by atoms with Gasteiger partial charge in [-0.2, -0.15) is 0 Å². The van der Waals surface area contributed by atoms with Crippen LogP contribution in [0.1, 0.15) is 12.0 Å². The molecule has 1 aliphatic rings. The second-order valence-electron chi connectivity index (χ2n) is 6.82. The van der Waals surface area contributed by atoms with Gasteiger partial charge in [0.15, 0.2) is 17.6 Å². The summed E-state index contributed by atoms with van der Waals surface area (Å²) in [5.41, 5.74) is 1.82. The highest BCUT2D eigenvalue weighted by Gasteiger charge is 2.23. The molecule has 0 bridgehead atoms. The molecule has 1 aliphatic heterocycles. The average Bonchev–Trinajstić information content (AvgIpc) is 3.17. The highest BCUT2D eigenvalue weighted by Crippen LogP contribution is 2.24. The number of guanidine groups is 1. The predicted octanol–water partition coefficient (Wildman–Crippen LogP) is 3.25. The van der Waals surface area contributed by atoms with E-state index in [1.54, 1.807) is 25.4 Å². The van der Waals surface area contributed by atoms with Crippen LogP contribution in [-0.4, -0.2) is 44.2 Å². The van der Waals surface area contributed by atoms with E-state index in [0.717, 1.165) is 56.2 Å². The summed E-state index contributed by atoms with van der Waals surface area (Å²) in [6.45, 7) is 3.12. The van der Waals surface area contributed by atoms with Gasteiger partial charge in [-0.1, -0.05) is 17.7 Å². The first-order chi connectivity index (χ1) is 13.5. The number of aromatic nitrogens is 1. The van der Waals surface area contributed by atoms with Gasteiger partial charge in [0.25, 0.3) is 0 Å². The summed E-state index contributed by atoms with van der Waals surface area (Å²) in [6, 6.07) is 7.80. The molecule has 1 atom stereocenters. The molecule has 2 N–H and O–H groups in total. The van der Waals surface area contributed by atoms with Gasteiger partial charge in [0.2, 0.25) is 0 Å². The molecule has 1 saturated heterocycles. The van der Waals surface area contributed by atoms with Gasteiger partial charge in [0.05, 0.1) is 0 Å². The Morgan fingerprint density at radius 1 is 1.25 bits per heavy atom. The van der Waals surface area contributed by atoms with Crippen molar-refractivity contribution in [2.45, 2.75) is 12.8 Å². The van der Waals surface area contributed by atoms with Crippen molar-refractivity contribution in [3.05, 3.63) is 58.9 Å². The van der Waals surface area contributed by atoms with Crippen molar-refractivity contribution in [2.24, 2.45) is 10.9 Å². The molecule has 0 amide bonds. The minimum absolute atomic E-state index is 0.409. The van der Waals surface area contributed by atoms with Crippen molar-refractivity contribution in [3.63, 3.8) is 0 Å². The van der Waals surface area contributed by atoms with Gasteiger partial charge in [0, 0.05) is 51.2 Å². The SMILES string of the molecule is CN=C(NCCc1ccc(Cl)nc1)NCC1CCN(c2ccc(F)c(F)c2)C1. The molecule has 5 nitrogen and oxygen atoms in total. The number of rotatable bonds is 6. The van der Waals surface area contributed by atoms with Crippen LogP contribution in [-0.2, 0) is 6.42 Å². The van der Waals surface area contributed by atoms with Crippen molar-refractivity contribution >= 4 is 23.2 Å². The summed E-state index contributed by atoms with van der Waals surface area (Å²) in [6.07, 6.45) is 3.57. The lowest BCUT2D eigenvalue weighted by Crippen LogP contribution is -2.41. The van der Waals surface area contributed by atoms with Crippen molar-refractivity contribution in [1.82, 2.24) is 15.6 Å². The van der Waals surface area contributed by atoms with E-state index in [1.165, 1.54) is 12.1 Å². The van der Waals surface area contributed by atoms with E-state index >= 15 is 0 Å². The molecule has 2 aromatic rings. The third-order valence-electron chi connectivity index (χ3n) is 4.83. The largest absolute Gasteiger partial charge is 0.371 e. The summed E-state index contributed by atoms with van der Waals surface area (Å²) < 4.78 is 26.5.